The molecule has 0 bridgehead atoms. The molecule has 206 valence electrons. The minimum Gasteiger partial charge on any atom is -0.496 e. The number of anilines is 1. The average Bonchev–Trinajstić information content (AvgIpc) is 3.30. The highest BCUT2D eigenvalue weighted by Crippen LogP contribution is 2.40. The van der Waals surface area contributed by atoms with Crippen LogP contribution in [0.3, 0.4) is 0 Å². The van der Waals surface area contributed by atoms with Crippen molar-refractivity contribution in [3.05, 3.63) is 118 Å². The molecule has 0 saturated carbocycles. The van der Waals surface area contributed by atoms with Gasteiger partial charge in [-0.3, -0.25) is 4.79 Å². The average molecular weight is 544 g/mol. The molecule has 5 heteroatoms. The Morgan fingerprint density at radius 3 is 2.32 bits per heavy atom. The van der Waals surface area contributed by atoms with Gasteiger partial charge in [-0.15, -0.1) is 0 Å². The fraction of sp³-hybridized carbons (Fsp3) is 0.222. The van der Waals surface area contributed by atoms with E-state index in [1.165, 1.54) is 11.3 Å². The summed E-state index contributed by atoms with van der Waals surface area (Å²) in [6, 6.07) is 24.8. The van der Waals surface area contributed by atoms with E-state index in [-0.39, 0.29) is 5.78 Å². The highest BCUT2D eigenvalue weighted by molar-refractivity contribution is 6.35. The molecule has 0 radical (unpaired) electrons. The lowest BCUT2D eigenvalue weighted by molar-refractivity contribution is -0.578. The normalized spacial score (nSPS) is 16.3. The first kappa shape index (κ1) is 26.6. The molecule has 6 rings (SSSR count). The van der Waals surface area contributed by atoms with E-state index in [2.05, 4.69) is 55.3 Å². The first-order valence-electron chi connectivity index (χ1n) is 14.1. The number of Topliss-reactive ketones (excluding diaryl/α,β-unsaturated/α-hetero) is 1. The minimum atomic E-state index is -0.0332. The third-order valence-electron chi connectivity index (χ3n) is 8.52. The number of para-hydroxylation sites is 2. The van der Waals surface area contributed by atoms with Gasteiger partial charge >= 0.3 is 0 Å². The Hall–Kier alpha value is -4.64. The summed E-state index contributed by atoms with van der Waals surface area (Å²) in [4.78, 5) is 16.7. The van der Waals surface area contributed by atoms with Crippen LogP contribution in [0.25, 0.3) is 23.4 Å². The number of carbonyl (C=O) groups excluding carboxylic acids is 1. The van der Waals surface area contributed by atoms with Crippen LogP contribution in [0.1, 0.15) is 57.2 Å². The molecule has 0 fully saturated rings. The van der Waals surface area contributed by atoms with Gasteiger partial charge in [-0.1, -0.05) is 48.6 Å². The fourth-order valence-electron chi connectivity index (χ4n) is 6.11. The van der Waals surface area contributed by atoms with Crippen molar-refractivity contribution in [2.75, 3.05) is 26.2 Å². The highest BCUT2D eigenvalue weighted by Gasteiger charge is 2.43. The Bertz CT molecular complexity index is 1730. The molecule has 0 amide bonds. The first-order valence-corrected chi connectivity index (χ1v) is 14.1. The summed E-state index contributed by atoms with van der Waals surface area (Å²) in [5.74, 6) is 1.33. The molecule has 2 aliphatic heterocycles. The minimum absolute atomic E-state index is 0.0332. The van der Waals surface area contributed by atoms with Crippen molar-refractivity contribution in [3.63, 3.8) is 0 Å². The predicted octanol–water partition coefficient (Wildman–Crippen LogP) is 6.85. The maximum atomic E-state index is 14.3. The Morgan fingerprint density at radius 2 is 1.59 bits per heavy atom. The number of benzene rings is 3. The second kappa shape index (κ2) is 10.7. The number of methoxy groups -OCH3 is 2. The molecule has 0 spiro atoms. The van der Waals surface area contributed by atoms with E-state index in [9.17, 15) is 4.79 Å². The summed E-state index contributed by atoms with van der Waals surface area (Å²) in [7, 11) is 5.46. The van der Waals surface area contributed by atoms with Crippen molar-refractivity contribution in [3.8, 4) is 11.5 Å². The van der Waals surface area contributed by atoms with E-state index in [0.717, 1.165) is 46.4 Å². The van der Waals surface area contributed by atoms with E-state index in [0.29, 0.717) is 28.8 Å². The van der Waals surface area contributed by atoms with Gasteiger partial charge in [0.05, 0.1) is 19.8 Å². The van der Waals surface area contributed by atoms with Gasteiger partial charge in [0.15, 0.2) is 6.20 Å². The number of ketones is 1. The standard InChI is InChI=1S/C36H35N2O3/c1-23-14-17-27-22-25(16-19-30(27)37(23)3)15-18-26-20-21-38-34(24(26)2)36(39)33(28-10-6-8-12-31(28)40-4)35(38)29-11-7-9-13-32(29)41-5/h6-13,15-16,18-23H,14,17H2,1-5H3/q+1. The number of aryl methyl sites for hydroxylation is 1. The van der Waals surface area contributed by atoms with Crippen LogP contribution in [0, 0.1) is 6.92 Å². The number of fused-ring (bicyclic) bond motifs is 2. The van der Waals surface area contributed by atoms with Crippen LogP contribution >= 0.6 is 0 Å². The van der Waals surface area contributed by atoms with Crippen molar-refractivity contribution in [1.82, 2.24) is 0 Å². The number of allylic oxidation sites excluding steroid dienone is 1. The van der Waals surface area contributed by atoms with E-state index < -0.39 is 0 Å². The smallest absolute Gasteiger partial charge is 0.265 e. The maximum absolute atomic E-state index is 14.3. The zero-order chi connectivity index (χ0) is 28.7. The quantitative estimate of drug-likeness (QED) is 0.249. The number of hydrogen-bond acceptors (Lipinski definition) is 4. The zero-order valence-electron chi connectivity index (χ0n) is 24.3. The molecule has 3 aromatic carbocycles. The van der Waals surface area contributed by atoms with Gasteiger partial charge < -0.3 is 14.4 Å². The van der Waals surface area contributed by atoms with Crippen LogP contribution in [0.2, 0.25) is 0 Å². The summed E-state index contributed by atoms with van der Waals surface area (Å²) in [5.41, 5.74) is 9.45. The summed E-state index contributed by atoms with van der Waals surface area (Å²) in [5, 5.41) is 0. The van der Waals surface area contributed by atoms with Crippen LogP contribution in [0.15, 0.2) is 79.0 Å². The maximum Gasteiger partial charge on any atom is 0.265 e. The van der Waals surface area contributed by atoms with E-state index in [1.54, 1.807) is 14.2 Å². The second-order valence-electron chi connectivity index (χ2n) is 10.8. The van der Waals surface area contributed by atoms with E-state index in [1.807, 2.05) is 66.2 Å². The summed E-state index contributed by atoms with van der Waals surface area (Å²) in [6.07, 6.45) is 8.51. The molecular formula is C36H35N2O3+. The Morgan fingerprint density at radius 1 is 0.902 bits per heavy atom. The predicted molar refractivity (Wildman–Crippen MR) is 165 cm³/mol. The van der Waals surface area contributed by atoms with Crippen molar-refractivity contribution in [2.24, 2.45) is 0 Å². The number of pyridine rings is 1. The SMILES string of the molecule is COc1ccccc1C1=C(c2ccccc2OC)[n+]2ccc(C=Cc3ccc4c(c3)CCC(C)N4C)c(C)c2C1=O. The van der Waals surface area contributed by atoms with Gasteiger partial charge in [0.2, 0.25) is 5.70 Å². The molecule has 1 aromatic heterocycles. The molecule has 3 heterocycles. The first-order chi connectivity index (χ1) is 19.9. The van der Waals surface area contributed by atoms with Crippen molar-refractivity contribution in [1.29, 1.82) is 0 Å². The van der Waals surface area contributed by atoms with Gasteiger partial charge in [0.1, 0.15) is 17.1 Å². The Labute approximate surface area is 242 Å². The third-order valence-corrected chi connectivity index (χ3v) is 8.52. The summed E-state index contributed by atoms with van der Waals surface area (Å²) >= 11 is 0. The fourth-order valence-corrected chi connectivity index (χ4v) is 6.11. The van der Waals surface area contributed by atoms with E-state index >= 15 is 0 Å². The summed E-state index contributed by atoms with van der Waals surface area (Å²) in [6.45, 7) is 4.30. The molecule has 1 atom stereocenters. The lowest BCUT2D eigenvalue weighted by atomic mass is 9.94. The topological polar surface area (TPSA) is 42.6 Å². The Kier molecular flexibility index (Phi) is 6.96. The number of rotatable bonds is 6. The number of nitrogens with zero attached hydrogens (tertiary/aromatic N) is 2. The molecule has 0 aliphatic carbocycles. The van der Waals surface area contributed by atoms with Crippen molar-refractivity contribution >= 4 is 34.9 Å². The molecule has 5 nitrogen and oxygen atoms in total. The largest absolute Gasteiger partial charge is 0.496 e. The lowest BCUT2D eigenvalue weighted by Gasteiger charge is -2.34. The zero-order valence-corrected chi connectivity index (χ0v) is 24.3. The third kappa shape index (κ3) is 4.51. The van der Waals surface area contributed by atoms with Gasteiger partial charge in [0, 0.05) is 36.0 Å². The number of carbonyl (C=O) groups is 1. The monoisotopic (exact) mass is 543 g/mol. The van der Waals surface area contributed by atoms with Crippen LogP contribution in [0.5, 0.6) is 11.5 Å². The van der Waals surface area contributed by atoms with Gasteiger partial charge in [-0.25, -0.2) is 0 Å². The highest BCUT2D eigenvalue weighted by atomic mass is 16.5. The van der Waals surface area contributed by atoms with Crippen LogP contribution in [-0.2, 0) is 6.42 Å². The molecule has 1 unspecified atom stereocenters. The lowest BCUT2D eigenvalue weighted by Crippen LogP contribution is -2.35. The van der Waals surface area contributed by atoms with Crippen LogP contribution in [-0.4, -0.2) is 33.1 Å². The number of aromatic nitrogens is 1. The molecule has 41 heavy (non-hydrogen) atoms. The second-order valence-corrected chi connectivity index (χ2v) is 10.8. The van der Waals surface area contributed by atoms with Crippen molar-refractivity contribution in [2.45, 2.75) is 32.7 Å². The van der Waals surface area contributed by atoms with Gasteiger partial charge in [-0.2, -0.15) is 4.57 Å². The molecular weight excluding hydrogens is 508 g/mol. The van der Waals surface area contributed by atoms with Crippen LogP contribution in [0.4, 0.5) is 5.69 Å². The number of ether oxygens (including phenoxy) is 2. The molecule has 4 aromatic rings. The molecule has 0 saturated heterocycles. The molecule has 0 N–H and O–H groups in total. The van der Waals surface area contributed by atoms with E-state index in [4.69, 9.17) is 9.47 Å². The summed E-state index contributed by atoms with van der Waals surface area (Å²) < 4.78 is 13.4. The van der Waals surface area contributed by atoms with Crippen LogP contribution < -0.4 is 18.9 Å². The van der Waals surface area contributed by atoms with Gasteiger partial charge in [-0.05, 0) is 73.7 Å². The van der Waals surface area contributed by atoms with Gasteiger partial charge in [0.25, 0.3) is 11.5 Å². The molecule has 2 aliphatic rings. The Balaban J connectivity index is 1.45. The number of hydrogen-bond donors (Lipinski definition) is 0. The van der Waals surface area contributed by atoms with Crippen molar-refractivity contribution < 1.29 is 18.8 Å².